The Morgan fingerprint density at radius 1 is 1.65 bits per heavy atom. The number of rotatable bonds is 6. The first-order valence-electron chi connectivity index (χ1n) is 6.22. The van der Waals surface area contributed by atoms with Crippen molar-refractivity contribution in [2.24, 2.45) is 0 Å². The van der Waals surface area contributed by atoms with Crippen LogP contribution in [-0.4, -0.2) is 59.9 Å². The number of hydrogen-bond donors (Lipinski definition) is 1. The predicted octanol–water partition coefficient (Wildman–Crippen LogP) is -0.233. The van der Waals surface area contributed by atoms with Crippen LogP contribution in [-0.2, 0) is 26.1 Å². The van der Waals surface area contributed by atoms with Crippen molar-refractivity contribution >= 4 is 16.0 Å². The average molecular weight is 303 g/mol. The molecule has 0 bridgehead atoms. The number of carboxylic acid groups (broad SMARTS) is 1. The highest BCUT2D eigenvalue weighted by Crippen LogP contribution is 2.18. The Morgan fingerprint density at radius 3 is 3.00 bits per heavy atom. The van der Waals surface area contributed by atoms with Crippen LogP contribution in [0.15, 0.2) is 17.3 Å². The smallest absolute Gasteiger partial charge is 0.325 e. The van der Waals surface area contributed by atoms with E-state index in [-0.39, 0.29) is 24.1 Å². The summed E-state index contributed by atoms with van der Waals surface area (Å²) in [6, 6.07) is 0. The zero-order chi connectivity index (χ0) is 14.8. The minimum absolute atomic E-state index is 0.0146. The van der Waals surface area contributed by atoms with E-state index < -0.39 is 16.0 Å². The maximum absolute atomic E-state index is 12.3. The molecule has 1 fully saturated rings. The van der Waals surface area contributed by atoms with Crippen molar-refractivity contribution in [2.45, 2.75) is 30.4 Å². The van der Waals surface area contributed by atoms with Crippen LogP contribution in [0.4, 0.5) is 0 Å². The lowest BCUT2D eigenvalue weighted by Crippen LogP contribution is -2.34. The molecule has 1 aromatic heterocycles. The molecule has 1 unspecified atom stereocenters. The van der Waals surface area contributed by atoms with Crippen LogP contribution in [0, 0.1) is 0 Å². The highest BCUT2D eigenvalue weighted by molar-refractivity contribution is 7.89. The van der Waals surface area contributed by atoms with Gasteiger partial charge in [0.05, 0.1) is 12.3 Å². The predicted molar refractivity (Wildman–Crippen MR) is 68.7 cm³/mol. The van der Waals surface area contributed by atoms with Crippen molar-refractivity contribution in [1.82, 2.24) is 14.1 Å². The molecule has 0 radical (unpaired) electrons. The number of carboxylic acids is 1. The SMILES string of the molecule is CN(CC1CCCO1)S(=O)(=O)c1cnn(CC(=O)O)c1. The van der Waals surface area contributed by atoms with Gasteiger partial charge in [0.15, 0.2) is 0 Å². The van der Waals surface area contributed by atoms with Crippen molar-refractivity contribution in [2.75, 3.05) is 20.2 Å². The molecule has 1 saturated heterocycles. The Hall–Kier alpha value is -1.45. The number of likely N-dealkylation sites (N-methyl/N-ethyl adjacent to an activating group) is 1. The Bertz CT molecular complexity index is 577. The average Bonchev–Trinajstić information content (AvgIpc) is 2.99. The fourth-order valence-electron chi connectivity index (χ4n) is 2.06. The van der Waals surface area contributed by atoms with Crippen LogP contribution in [0.25, 0.3) is 0 Å². The minimum atomic E-state index is -3.66. The largest absolute Gasteiger partial charge is 0.480 e. The summed E-state index contributed by atoms with van der Waals surface area (Å²) < 4.78 is 32.3. The summed E-state index contributed by atoms with van der Waals surface area (Å²) in [5.74, 6) is -1.08. The monoisotopic (exact) mass is 303 g/mol. The van der Waals surface area contributed by atoms with Crippen LogP contribution < -0.4 is 0 Å². The molecule has 1 aliphatic heterocycles. The van der Waals surface area contributed by atoms with Crippen LogP contribution in [0.1, 0.15) is 12.8 Å². The third-order valence-electron chi connectivity index (χ3n) is 3.10. The van der Waals surface area contributed by atoms with Crippen LogP contribution >= 0.6 is 0 Å². The molecule has 8 nitrogen and oxygen atoms in total. The lowest BCUT2D eigenvalue weighted by Gasteiger charge is -2.19. The first-order valence-corrected chi connectivity index (χ1v) is 7.66. The van der Waals surface area contributed by atoms with Crippen LogP contribution in [0.5, 0.6) is 0 Å². The molecule has 1 aromatic rings. The van der Waals surface area contributed by atoms with Crippen molar-refractivity contribution in [3.05, 3.63) is 12.4 Å². The number of carbonyl (C=O) groups is 1. The van der Waals surface area contributed by atoms with E-state index in [1.807, 2.05) is 0 Å². The van der Waals surface area contributed by atoms with Gasteiger partial charge in [0, 0.05) is 26.4 Å². The van der Waals surface area contributed by atoms with E-state index in [1.54, 1.807) is 0 Å². The molecule has 2 heterocycles. The molecule has 1 N–H and O–H groups in total. The van der Waals surface area contributed by atoms with Gasteiger partial charge in [-0.05, 0) is 12.8 Å². The minimum Gasteiger partial charge on any atom is -0.480 e. The second-order valence-corrected chi connectivity index (χ2v) is 6.73. The summed E-state index contributed by atoms with van der Waals surface area (Å²) in [4.78, 5) is 10.5. The summed E-state index contributed by atoms with van der Waals surface area (Å²) in [6.07, 6.45) is 4.08. The lowest BCUT2D eigenvalue weighted by molar-refractivity contribution is -0.137. The molecule has 0 aromatic carbocycles. The second-order valence-electron chi connectivity index (χ2n) is 4.69. The molecule has 1 atom stereocenters. The maximum atomic E-state index is 12.3. The van der Waals surface area contributed by atoms with Crippen LogP contribution in [0.2, 0.25) is 0 Å². The summed E-state index contributed by atoms with van der Waals surface area (Å²) in [7, 11) is -2.19. The topological polar surface area (TPSA) is 102 Å². The summed E-state index contributed by atoms with van der Waals surface area (Å²) >= 11 is 0. The Labute approximate surface area is 117 Å². The number of sulfonamides is 1. The molecule has 0 amide bonds. The number of aliphatic carboxylic acids is 1. The third kappa shape index (κ3) is 3.35. The van der Waals surface area contributed by atoms with Gasteiger partial charge in [-0.15, -0.1) is 0 Å². The molecular weight excluding hydrogens is 286 g/mol. The van der Waals surface area contributed by atoms with Gasteiger partial charge in [-0.2, -0.15) is 9.40 Å². The van der Waals surface area contributed by atoms with Gasteiger partial charge < -0.3 is 9.84 Å². The van der Waals surface area contributed by atoms with Gasteiger partial charge in [0.25, 0.3) is 0 Å². The molecule has 1 aliphatic rings. The quantitative estimate of drug-likeness (QED) is 0.778. The number of nitrogens with zero attached hydrogens (tertiary/aromatic N) is 3. The van der Waals surface area contributed by atoms with E-state index in [9.17, 15) is 13.2 Å². The Kier molecular flexibility index (Phi) is 4.41. The molecule has 0 saturated carbocycles. The molecular formula is C11H17N3O5S. The first-order chi connectivity index (χ1) is 9.39. The number of aromatic nitrogens is 2. The van der Waals surface area contributed by atoms with Crippen molar-refractivity contribution < 1.29 is 23.1 Å². The van der Waals surface area contributed by atoms with E-state index in [2.05, 4.69) is 5.10 Å². The first kappa shape index (κ1) is 14.9. The van der Waals surface area contributed by atoms with E-state index in [1.165, 1.54) is 17.5 Å². The van der Waals surface area contributed by atoms with Gasteiger partial charge >= 0.3 is 5.97 Å². The number of ether oxygens (including phenoxy) is 1. The van der Waals surface area contributed by atoms with Gasteiger partial charge in [-0.3, -0.25) is 9.48 Å². The highest BCUT2D eigenvalue weighted by atomic mass is 32.2. The Morgan fingerprint density at radius 2 is 2.40 bits per heavy atom. The zero-order valence-corrected chi connectivity index (χ0v) is 11.9. The fourth-order valence-corrected chi connectivity index (χ4v) is 3.21. The van der Waals surface area contributed by atoms with Gasteiger partial charge in [-0.1, -0.05) is 0 Å². The van der Waals surface area contributed by atoms with Crippen molar-refractivity contribution in [1.29, 1.82) is 0 Å². The summed E-state index contributed by atoms with van der Waals surface area (Å²) in [6.45, 7) is 0.576. The van der Waals surface area contributed by atoms with Crippen LogP contribution in [0.3, 0.4) is 0 Å². The molecule has 0 aliphatic carbocycles. The van der Waals surface area contributed by atoms with E-state index in [0.717, 1.165) is 23.7 Å². The number of hydrogen-bond acceptors (Lipinski definition) is 5. The summed E-state index contributed by atoms with van der Waals surface area (Å²) in [5, 5.41) is 12.4. The third-order valence-corrected chi connectivity index (χ3v) is 4.88. The van der Waals surface area contributed by atoms with Gasteiger partial charge in [-0.25, -0.2) is 8.42 Å². The molecule has 20 heavy (non-hydrogen) atoms. The zero-order valence-electron chi connectivity index (χ0n) is 11.1. The van der Waals surface area contributed by atoms with Gasteiger partial charge in [0.2, 0.25) is 10.0 Å². The standard InChI is InChI=1S/C11H17N3O5S/c1-13(6-9-3-2-4-19-9)20(17,18)10-5-12-14(7-10)8-11(15)16/h5,7,9H,2-4,6,8H2,1H3,(H,15,16). The molecule has 0 spiro atoms. The van der Waals surface area contributed by atoms with E-state index in [4.69, 9.17) is 9.84 Å². The fraction of sp³-hybridized carbons (Fsp3) is 0.636. The summed E-state index contributed by atoms with van der Waals surface area (Å²) in [5.41, 5.74) is 0. The highest BCUT2D eigenvalue weighted by Gasteiger charge is 2.27. The van der Waals surface area contributed by atoms with E-state index >= 15 is 0 Å². The maximum Gasteiger partial charge on any atom is 0.325 e. The van der Waals surface area contributed by atoms with Crippen molar-refractivity contribution in [3.63, 3.8) is 0 Å². The van der Waals surface area contributed by atoms with E-state index in [0.29, 0.717) is 6.61 Å². The molecule has 2 rings (SSSR count). The lowest BCUT2D eigenvalue weighted by atomic mass is 10.2. The Balaban J connectivity index is 2.08. The van der Waals surface area contributed by atoms with Crippen molar-refractivity contribution in [3.8, 4) is 0 Å². The molecule has 9 heteroatoms. The normalized spacial score (nSPS) is 19.6. The second kappa shape index (κ2) is 5.90. The molecule has 112 valence electrons. The van der Waals surface area contributed by atoms with Gasteiger partial charge in [0.1, 0.15) is 11.4 Å².